The molecule has 1 fully saturated rings. The third kappa shape index (κ3) is 3.59. The molecule has 1 amide bonds. The third-order valence-electron chi connectivity index (χ3n) is 4.91. The van der Waals surface area contributed by atoms with Crippen molar-refractivity contribution in [1.82, 2.24) is 0 Å². The van der Waals surface area contributed by atoms with E-state index in [-0.39, 0.29) is 11.8 Å². The van der Waals surface area contributed by atoms with E-state index in [2.05, 4.69) is 22.3 Å². The molecule has 0 aliphatic carbocycles. The zero-order chi connectivity index (χ0) is 17.2. The highest BCUT2D eigenvalue weighted by atomic mass is 35.5. The summed E-state index contributed by atoms with van der Waals surface area (Å²) in [5.41, 5.74) is 3.04. The summed E-state index contributed by atoms with van der Waals surface area (Å²) in [5.74, 6) is 0.604. The number of benzene rings is 2. The molecule has 25 heavy (non-hydrogen) atoms. The van der Waals surface area contributed by atoms with E-state index in [4.69, 9.17) is 16.3 Å². The fourth-order valence-corrected chi connectivity index (χ4v) is 3.70. The zero-order valence-corrected chi connectivity index (χ0v) is 14.8. The molecule has 4 nitrogen and oxygen atoms in total. The molecule has 1 N–H and O–H groups in total. The van der Waals surface area contributed by atoms with Gasteiger partial charge in [0.2, 0.25) is 5.91 Å². The van der Waals surface area contributed by atoms with Crippen LogP contribution in [0.25, 0.3) is 0 Å². The van der Waals surface area contributed by atoms with Gasteiger partial charge in [0.15, 0.2) is 0 Å². The predicted octanol–water partition coefficient (Wildman–Crippen LogP) is 4.13. The van der Waals surface area contributed by atoms with E-state index in [1.807, 2.05) is 30.3 Å². The summed E-state index contributed by atoms with van der Waals surface area (Å²) in [5, 5.41) is 3.67. The summed E-state index contributed by atoms with van der Waals surface area (Å²) in [4.78, 5) is 14.9. The van der Waals surface area contributed by atoms with Gasteiger partial charge in [-0.25, -0.2) is 0 Å². The SMILES string of the molecule is O=C(Nc1ccc(N2CCCC2)cc1)[C@@H]1COc2ccc(Cl)cc2C1. The van der Waals surface area contributed by atoms with Gasteiger partial charge >= 0.3 is 0 Å². The standard InChI is InChI=1S/C20H21ClN2O2/c21-16-3-8-19-14(12-16)11-15(13-25-19)20(24)22-17-4-6-18(7-5-17)23-9-1-2-10-23/h3-8,12,15H,1-2,9-11,13H2,(H,22,24)/t15-/m0/s1. The van der Waals surface area contributed by atoms with Crippen LogP contribution in [0.5, 0.6) is 5.75 Å². The Balaban J connectivity index is 1.40. The molecule has 0 saturated carbocycles. The van der Waals surface area contributed by atoms with E-state index in [1.54, 1.807) is 0 Å². The first kappa shape index (κ1) is 16.3. The fraction of sp³-hybridized carbons (Fsp3) is 0.350. The van der Waals surface area contributed by atoms with Crippen LogP contribution >= 0.6 is 11.6 Å². The number of nitrogens with zero attached hydrogens (tertiary/aromatic N) is 1. The third-order valence-corrected chi connectivity index (χ3v) is 5.14. The number of hydrogen-bond acceptors (Lipinski definition) is 3. The van der Waals surface area contributed by atoms with Crippen molar-refractivity contribution in [3.05, 3.63) is 53.1 Å². The number of fused-ring (bicyclic) bond motifs is 1. The number of carbonyl (C=O) groups excluding carboxylic acids is 1. The second-order valence-electron chi connectivity index (χ2n) is 6.69. The van der Waals surface area contributed by atoms with Gasteiger partial charge in [-0.2, -0.15) is 0 Å². The first-order valence-electron chi connectivity index (χ1n) is 8.76. The molecule has 2 aromatic rings. The summed E-state index contributed by atoms with van der Waals surface area (Å²) >= 11 is 6.04. The van der Waals surface area contributed by atoms with Gasteiger partial charge in [0, 0.05) is 29.5 Å². The van der Waals surface area contributed by atoms with Gasteiger partial charge < -0.3 is 15.0 Å². The van der Waals surface area contributed by atoms with E-state index in [0.717, 1.165) is 30.1 Å². The smallest absolute Gasteiger partial charge is 0.231 e. The Kier molecular flexibility index (Phi) is 4.53. The Morgan fingerprint density at radius 3 is 2.64 bits per heavy atom. The average molecular weight is 357 g/mol. The summed E-state index contributed by atoms with van der Waals surface area (Å²) in [6.07, 6.45) is 3.16. The first-order chi connectivity index (χ1) is 12.2. The van der Waals surface area contributed by atoms with E-state index in [1.165, 1.54) is 18.5 Å². The average Bonchev–Trinajstić information content (AvgIpc) is 3.16. The molecule has 0 aromatic heterocycles. The second-order valence-corrected chi connectivity index (χ2v) is 7.13. The summed E-state index contributed by atoms with van der Waals surface area (Å²) < 4.78 is 5.71. The van der Waals surface area contributed by atoms with Gasteiger partial charge in [-0.1, -0.05) is 11.6 Å². The Morgan fingerprint density at radius 2 is 1.88 bits per heavy atom. The van der Waals surface area contributed by atoms with Gasteiger partial charge in [0.05, 0.1) is 5.92 Å². The van der Waals surface area contributed by atoms with Crippen molar-refractivity contribution in [2.75, 3.05) is 29.9 Å². The number of halogens is 1. The summed E-state index contributed by atoms with van der Waals surface area (Å²) in [6, 6.07) is 13.6. The van der Waals surface area contributed by atoms with E-state index in [0.29, 0.717) is 18.1 Å². The lowest BCUT2D eigenvalue weighted by molar-refractivity contribution is -0.121. The molecule has 130 valence electrons. The van der Waals surface area contributed by atoms with Gasteiger partial charge in [-0.05, 0) is 67.3 Å². The predicted molar refractivity (Wildman–Crippen MR) is 101 cm³/mol. The van der Waals surface area contributed by atoms with Crippen LogP contribution in [0.4, 0.5) is 11.4 Å². The van der Waals surface area contributed by atoms with Crippen LogP contribution in [0.15, 0.2) is 42.5 Å². The van der Waals surface area contributed by atoms with Crippen LogP contribution in [-0.2, 0) is 11.2 Å². The number of ether oxygens (including phenoxy) is 1. The Morgan fingerprint density at radius 1 is 1.12 bits per heavy atom. The normalized spacial score (nSPS) is 19.2. The number of rotatable bonds is 3. The molecule has 0 radical (unpaired) electrons. The van der Waals surface area contributed by atoms with Crippen molar-refractivity contribution in [3.63, 3.8) is 0 Å². The number of amides is 1. The molecule has 4 rings (SSSR count). The van der Waals surface area contributed by atoms with E-state index >= 15 is 0 Å². The number of hydrogen-bond donors (Lipinski definition) is 1. The Bertz CT molecular complexity index is 770. The minimum atomic E-state index is -0.204. The minimum absolute atomic E-state index is 0.0143. The lowest BCUT2D eigenvalue weighted by atomic mass is 9.96. The molecule has 2 aliphatic rings. The van der Waals surface area contributed by atoms with Crippen molar-refractivity contribution in [1.29, 1.82) is 0 Å². The lowest BCUT2D eigenvalue weighted by Gasteiger charge is -2.25. The summed E-state index contributed by atoms with van der Waals surface area (Å²) in [7, 11) is 0. The minimum Gasteiger partial charge on any atom is -0.492 e. The molecule has 2 heterocycles. The van der Waals surface area contributed by atoms with Crippen LogP contribution in [0, 0.1) is 5.92 Å². The van der Waals surface area contributed by atoms with Crippen LogP contribution in [0.3, 0.4) is 0 Å². The van der Waals surface area contributed by atoms with Crippen LogP contribution in [-0.4, -0.2) is 25.6 Å². The number of carbonyl (C=O) groups is 1. The maximum atomic E-state index is 12.6. The second kappa shape index (κ2) is 6.96. The van der Waals surface area contributed by atoms with Crippen LogP contribution < -0.4 is 15.0 Å². The highest BCUT2D eigenvalue weighted by Gasteiger charge is 2.26. The largest absolute Gasteiger partial charge is 0.492 e. The van der Waals surface area contributed by atoms with Gasteiger partial charge in [-0.15, -0.1) is 0 Å². The molecule has 0 unspecified atom stereocenters. The fourth-order valence-electron chi connectivity index (χ4n) is 3.51. The molecule has 5 heteroatoms. The van der Waals surface area contributed by atoms with Crippen molar-refractivity contribution >= 4 is 28.9 Å². The number of anilines is 2. The van der Waals surface area contributed by atoms with Crippen LogP contribution in [0.2, 0.25) is 5.02 Å². The maximum Gasteiger partial charge on any atom is 0.231 e. The van der Waals surface area contributed by atoms with Crippen LogP contribution in [0.1, 0.15) is 18.4 Å². The Hall–Kier alpha value is -2.20. The lowest BCUT2D eigenvalue weighted by Crippen LogP contribution is -2.32. The molecular weight excluding hydrogens is 336 g/mol. The van der Waals surface area contributed by atoms with Crippen molar-refractivity contribution in [3.8, 4) is 5.75 Å². The monoisotopic (exact) mass is 356 g/mol. The van der Waals surface area contributed by atoms with Gasteiger partial charge in [0.1, 0.15) is 12.4 Å². The first-order valence-corrected chi connectivity index (χ1v) is 9.14. The number of nitrogens with one attached hydrogen (secondary N) is 1. The molecule has 0 spiro atoms. The van der Waals surface area contributed by atoms with E-state index < -0.39 is 0 Å². The zero-order valence-electron chi connectivity index (χ0n) is 14.0. The van der Waals surface area contributed by atoms with Crippen molar-refractivity contribution < 1.29 is 9.53 Å². The van der Waals surface area contributed by atoms with Gasteiger partial charge in [0.25, 0.3) is 0 Å². The molecule has 1 atom stereocenters. The molecule has 2 aliphatic heterocycles. The molecule has 0 bridgehead atoms. The summed E-state index contributed by atoms with van der Waals surface area (Å²) in [6.45, 7) is 2.63. The van der Waals surface area contributed by atoms with Crippen molar-refractivity contribution in [2.45, 2.75) is 19.3 Å². The van der Waals surface area contributed by atoms with Gasteiger partial charge in [-0.3, -0.25) is 4.79 Å². The maximum absolute atomic E-state index is 12.6. The highest BCUT2D eigenvalue weighted by molar-refractivity contribution is 6.30. The Labute approximate surface area is 152 Å². The molecule has 2 aromatic carbocycles. The van der Waals surface area contributed by atoms with E-state index in [9.17, 15) is 4.79 Å². The molecular formula is C20H21ClN2O2. The quantitative estimate of drug-likeness (QED) is 0.899. The molecule has 1 saturated heterocycles. The highest BCUT2D eigenvalue weighted by Crippen LogP contribution is 2.30. The van der Waals surface area contributed by atoms with Crippen molar-refractivity contribution in [2.24, 2.45) is 5.92 Å². The topological polar surface area (TPSA) is 41.6 Å².